The molecule has 0 aliphatic carbocycles. The van der Waals surface area contributed by atoms with E-state index in [0.29, 0.717) is 18.2 Å². The number of aromatic nitrogens is 1. The van der Waals surface area contributed by atoms with E-state index in [1.165, 1.54) is 23.5 Å². The molecule has 0 N–H and O–H groups in total. The molecule has 0 bridgehead atoms. The third-order valence-electron chi connectivity index (χ3n) is 4.07. The summed E-state index contributed by atoms with van der Waals surface area (Å²) < 4.78 is 25.3. The molecule has 8 heteroatoms. The Balaban J connectivity index is 1.81. The topological polar surface area (TPSA) is 54.9 Å². The molecule has 1 amide bonds. The average Bonchev–Trinajstić information content (AvgIpc) is 3.09. The van der Waals surface area contributed by atoms with Gasteiger partial charge in [-0.05, 0) is 44.4 Å². The van der Waals surface area contributed by atoms with Gasteiger partial charge >= 0.3 is 0 Å². The number of thiazole rings is 1. The monoisotopic (exact) mass is 403 g/mol. The maximum absolute atomic E-state index is 13.8. The summed E-state index contributed by atoms with van der Waals surface area (Å²) in [4.78, 5) is 21.0. The van der Waals surface area contributed by atoms with Crippen molar-refractivity contribution in [1.82, 2.24) is 9.88 Å². The van der Waals surface area contributed by atoms with Crippen LogP contribution in [-0.2, 0) is 4.79 Å². The van der Waals surface area contributed by atoms with Crippen molar-refractivity contribution < 1.29 is 18.7 Å². The summed E-state index contributed by atoms with van der Waals surface area (Å²) in [7, 11) is 5.47. The van der Waals surface area contributed by atoms with Crippen LogP contribution in [0, 0.1) is 5.82 Å². The van der Waals surface area contributed by atoms with Crippen molar-refractivity contribution in [2.45, 2.75) is 0 Å². The standard InChI is InChI=1S/C20H22FN3O3S/c1-23(2)10-11-24(19(25)13-27-17-7-5-4-6-15(17)21)20-22-16-9-8-14(26-3)12-18(16)28-20/h4-9,12H,10-11,13H2,1-3H3. The summed E-state index contributed by atoms with van der Waals surface area (Å²) >= 11 is 1.41. The molecule has 0 unspecified atom stereocenters. The molecule has 3 aromatic rings. The Morgan fingerprint density at radius 2 is 1.96 bits per heavy atom. The number of ether oxygens (including phenoxy) is 2. The molecule has 6 nitrogen and oxygen atoms in total. The van der Waals surface area contributed by atoms with Gasteiger partial charge in [0.15, 0.2) is 23.3 Å². The number of hydrogen-bond acceptors (Lipinski definition) is 6. The molecular weight excluding hydrogens is 381 g/mol. The van der Waals surface area contributed by atoms with E-state index in [1.807, 2.05) is 37.2 Å². The molecule has 3 rings (SSSR count). The number of benzene rings is 2. The maximum atomic E-state index is 13.8. The van der Waals surface area contributed by atoms with Gasteiger partial charge in [-0.3, -0.25) is 9.69 Å². The van der Waals surface area contributed by atoms with E-state index < -0.39 is 5.82 Å². The number of para-hydroxylation sites is 1. The number of rotatable bonds is 8. The first-order valence-corrected chi connectivity index (χ1v) is 9.56. The van der Waals surface area contributed by atoms with E-state index in [1.54, 1.807) is 24.1 Å². The predicted octanol–water partition coefficient (Wildman–Crippen LogP) is 3.42. The van der Waals surface area contributed by atoms with E-state index in [0.717, 1.165) is 16.0 Å². The van der Waals surface area contributed by atoms with Gasteiger partial charge in [-0.25, -0.2) is 9.37 Å². The molecule has 2 aromatic carbocycles. The Morgan fingerprint density at radius 1 is 1.18 bits per heavy atom. The fraction of sp³-hybridized carbons (Fsp3) is 0.300. The molecule has 0 aliphatic rings. The minimum atomic E-state index is -0.498. The number of halogens is 1. The van der Waals surface area contributed by atoms with Gasteiger partial charge in [0.1, 0.15) is 5.75 Å². The normalized spacial score (nSPS) is 11.0. The second-order valence-corrected chi connectivity index (χ2v) is 7.41. The van der Waals surface area contributed by atoms with E-state index in [9.17, 15) is 9.18 Å². The minimum absolute atomic E-state index is 0.0532. The van der Waals surface area contributed by atoms with Crippen LogP contribution in [0.2, 0.25) is 0 Å². The van der Waals surface area contributed by atoms with Crippen molar-refractivity contribution in [2.24, 2.45) is 0 Å². The molecule has 0 fully saturated rings. The highest BCUT2D eigenvalue weighted by Gasteiger charge is 2.21. The number of fused-ring (bicyclic) bond motifs is 1. The Labute approximate surface area is 167 Å². The van der Waals surface area contributed by atoms with Gasteiger partial charge in [0, 0.05) is 13.1 Å². The second kappa shape index (κ2) is 8.99. The third-order valence-corrected chi connectivity index (χ3v) is 5.12. The second-order valence-electron chi connectivity index (χ2n) is 6.40. The summed E-state index contributed by atoms with van der Waals surface area (Å²) in [6, 6.07) is 11.6. The van der Waals surface area contributed by atoms with Crippen LogP contribution in [0.25, 0.3) is 10.2 Å². The summed E-state index contributed by atoms with van der Waals surface area (Å²) in [5.74, 6) is 0.00699. The zero-order valence-electron chi connectivity index (χ0n) is 16.0. The smallest absolute Gasteiger partial charge is 0.266 e. The van der Waals surface area contributed by atoms with Crippen molar-refractivity contribution in [2.75, 3.05) is 45.8 Å². The number of likely N-dealkylation sites (N-methyl/N-ethyl adjacent to an activating group) is 1. The Bertz CT molecular complexity index is 961. The highest BCUT2D eigenvalue weighted by atomic mass is 32.1. The van der Waals surface area contributed by atoms with Crippen molar-refractivity contribution in [3.8, 4) is 11.5 Å². The van der Waals surface area contributed by atoms with Gasteiger partial charge < -0.3 is 14.4 Å². The minimum Gasteiger partial charge on any atom is -0.497 e. The largest absolute Gasteiger partial charge is 0.497 e. The lowest BCUT2D eigenvalue weighted by atomic mass is 10.3. The first-order chi connectivity index (χ1) is 13.5. The molecule has 0 saturated heterocycles. The number of methoxy groups -OCH3 is 1. The third kappa shape index (κ3) is 4.76. The fourth-order valence-corrected chi connectivity index (χ4v) is 3.58. The number of hydrogen-bond donors (Lipinski definition) is 0. The molecule has 148 valence electrons. The van der Waals surface area contributed by atoms with E-state index >= 15 is 0 Å². The van der Waals surface area contributed by atoms with Crippen molar-refractivity contribution in [1.29, 1.82) is 0 Å². The number of carbonyl (C=O) groups excluding carboxylic acids is 1. The van der Waals surface area contributed by atoms with Crippen LogP contribution >= 0.6 is 11.3 Å². The molecule has 0 radical (unpaired) electrons. The SMILES string of the molecule is COc1ccc2nc(N(CCN(C)C)C(=O)COc3ccccc3F)sc2c1. The molecule has 28 heavy (non-hydrogen) atoms. The number of nitrogens with zero attached hydrogens (tertiary/aromatic N) is 3. The van der Waals surface area contributed by atoms with Gasteiger partial charge in [0.25, 0.3) is 5.91 Å². The summed E-state index contributed by atoms with van der Waals surface area (Å²) in [5.41, 5.74) is 0.790. The van der Waals surface area contributed by atoms with Gasteiger partial charge in [-0.1, -0.05) is 23.5 Å². The van der Waals surface area contributed by atoms with Crippen LogP contribution in [-0.4, -0.2) is 56.7 Å². The van der Waals surface area contributed by atoms with Crippen LogP contribution in [0.5, 0.6) is 11.5 Å². The lowest BCUT2D eigenvalue weighted by Gasteiger charge is -2.22. The highest BCUT2D eigenvalue weighted by molar-refractivity contribution is 7.22. The molecule has 1 heterocycles. The van der Waals surface area contributed by atoms with Gasteiger partial charge in [0.2, 0.25) is 0 Å². The number of amides is 1. The first kappa shape index (κ1) is 20.0. The molecule has 0 aliphatic heterocycles. The molecule has 0 saturated carbocycles. The number of carbonyl (C=O) groups is 1. The first-order valence-electron chi connectivity index (χ1n) is 8.75. The van der Waals surface area contributed by atoms with Crippen LogP contribution in [0.15, 0.2) is 42.5 Å². The van der Waals surface area contributed by atoms with Crippen molar-refractivity contribution >= 4 is 32.6 Å². The van der Waals surface area contributed by atoms with Crippen molar-refractivity contribution in [3.05, 3.63) is 48.3 Å². The molecular formula is C20H22FN3O3S. The lowest BCUT2D eigenvalue weighted by Crippen LogP contribution is -2.39. The van der Waals surface area contributed by atoms with Gasteiger partial charge in [-0.2, -0.15) is 0 Å². The molecule has 0 spiro atoms. The summed E-state index contributed by atoms with van der Waals surface area (Å²) in [5, 5.41) is 0.576. The quantitative estimate of drug-likeness (QED) is 0.577. The Morgan fingerprint density at radius 3 is 2.68 bits per heavy atom. The molecule has 0 atom stereocenters. The van der Waals surface area contributed by atoms with Crippen LogP contribution in [0.4, 0.5) is 9.52 Å². The Hall–Kier alpha value is -2.71. The van der Waals surface area contributed by atoms with E-state index in [-0.39, 0.29) is 18.3 Å². The maximum Gasteiger partial charge on any atom is 0.266 e. The fourth-order valence-electron chi connectivity index (χ4n) is 2.54. The van der Waals surface area contributed by atoms with Crippen LogP contribution in [0.1, 0.15) is 0 Å². The Kier molecular flexibility index (Phi) is 6.43. The highest BCUT2D eigenvalue weighted by Crippen LogP contribution is 2.31. The van der Waals surface area contributed by atoms with Crippen molar-refractivity contribution in [3.63, 3.8) is 0 Å². The van der Waals surface area contributed by atoms with E-state index in [4.69, 9.17) is 9.47 Å². The van der Waals surface area contributed by atoms with E-state index in [2.05, 4.69) is 4.98 Å². The zero-order valence-corrected chi connectivity index (χ0v) is 16.8. The predicted molar refractivity (Wildman–Crippen MR) is 109 cm³/mol. The van der Waals surface area contributed by atoms with Crippen LogP contribution < -0.4 is 14.4 Å². The number of anilines is 1. The molecule has 1 aromatic heterocycles. The summed E-state index contributed by atoms with van der Waals surface area (Å²) in [6.07, 6.45) is 0. The zero-order chi connectivity index (χ0) is 20.1. The van der Waals surface area contributed by atoms with Gasteiger partial charge in [-0.15, -0.1) is 0 Å². The average molecular weight is 403 g/mol. The van der Waals surface area contributed by atoms with Gasteiger partial charge in [0.05, 0.1) is 17.3 Å². The lowest BCUT2D eigenvalue weighted by molar-refractivity contribution is -0.120. The summed E-state index contributed by atoms with van der Waals surface area (Å²) in [6.45, 7) is 0.835. The van der Waals surface area contributed by atoms with Crippen LogP contribution in [0.3, 0.4) is 0 Å².